The van der Waals surface area contributed by atoms with Crippen LogP contribution in [0.4, 0.5) is 15.8 Å². The highest BCUT2D eigenvalue weighted by Gasteiger charge is 2.15. The van der Waals surface area contributed by atoms with Gasteiger partial charge in [-0.3, -0.25) is 4.79 Å². The van der Waals surface area contributed by atoms with Crippen molar-refractivity contribution >= 4 is 29.0 Å². The van der Waals surface area contributed by atoms with E-state index in [1.54, 1.807) is 23.9 Å². The standard InChI is InChI=1S/C19H21FN2O2S/c20-15-5-7-16(8-6-15)25-14-9-19(23)21-17-3-1-2-4-18(17)22-10-12-24-13-11-22/h1-8H,9-14H2,(H,21,23). The van der Waals surface area contributed by atoms with E-state index in [1.807, 2.05) is 24.3 Å². The molecule has 0 aliphatic carbocycles. The second kappa shape index (κ2) is 8.87. The van der Waals surface area contributed by atoms with Gasteiger partial charge in [0.1, 0.15) is 5.82 Å². The van der Waals surface area contributed by atoms with Gasteiger partial charge in [-0.15, -0.1) is 11.8 Å². The Morgan fingerprint density at radius 1 is 1.12 bits per heavy atom. The maximum absolute atomic E-state index is 12.9. The number of anilines is 2. The minimum Gasteiger partial charge on any atom is -0.378 e. The topological polar surface area (TPSA) is 41.6 Å². The summed E-state index contributed by atoms with van der Waals surface area (Å²) in [4.78, 5) is 15.5. The number of benzene rings is 2. The Morgan fingerprint density at radius 3 is 2.60 bits per heavy atom. The molecule has 0 atom stereocenters. The summed E-state index contributed by atoms with van der Waals surface area (Å²) >= 11 is 1.55. The number of rotatable bonds is 6. The Bertz CT molecular complexity index is 703. The van der Waals surface area contributed by atoms with Gasteiger partial charge >= 0.3 is 0 Å². The Hall–Kier alpha value is -2.05. The second-order valence-electron chi connectivity index (χ2n) is 5.72. The van der Waals surface area contributed by atoms with Gasteiger partial charge in [0, 0.05) is 30.2 Å². The van der Waals surface area contributed by atoms with Crippen molar-refractivity contribution in [2.45, 2.75) is 11.3 Å². The van der Waals surface area contributed by atoms with Crippen LogP contribution >= 0.6 is 11.8 Å². The summed E-state index contributed by atoms with van der Waals surface area (Å²) in [5.74, 6) is 0.383. The van der Waals surface area contributed by atoms with Crippen LogP contribution in [-0.4, -0.2) is 38.0 Å². The molecular formula is C19H21FN2O2S. The predicted octanol–water partition coefficient (Wildman–Crippen LogP) is 3.78. The van der Waals surface area contributed by atoms with Crippen LogP contribution in [0.3, 0.4) is 0 Å². The fraction of sp³-hybridized carbons (Fsp3) is 0.316. The van der Waals surface area contributed by atoms with Crippen molar-refractivity contribution in [2.75, 3.05) is 42.3 Å². The largest absolute Gasteiger partial charge is 0.378 e. The lowest BCUT2D eigenvalue weighted by molar-refractivity contribution is -0.115. The first-order valence-corrected chi connectivity index (χ1v) is 9.31. The molecule has 0 aromatic heterocycles. The fourth-order valence-electron chi connectivity index (χ4n) is 2.66. The van der Waals surface area contributed by atoms with Gasteiger partial charge in [0.25, 0.3) is 0 Å². The van der Waals surface area contributed by atoms with Crippen LogP contribution in [0, 0.1) is 5.82 Å². The zero-order valence-corrected chi connectivity index (χ0v) is 14.7. The zero-order valence-electron chi connectivity index (χ0n) is 13.9. The average Bonchev–Trinajstić information content (AvgIpc) is 2.64. The van der Waals surface area contributed by atoms with E-state index in [0.717, 1.165) is 29.4 Å². The molecule has 1 N–H and O–H groups in total. The first-order valence-electron chi connectivity index (χ1n) is 8.32. The maximum atomic E-state index is 12.9. The number of ether oxygens (including phenoxy) is 1. The van der Waals surface area contributed by atoms with Crippen molar-refractivity contribution in [3.8, 4) is 0 Å². The van der Waals surface area contributed by atoms with Crippen molar-refractivity contribution in [3.05, 3.63) is 54.3 Å². The molecular weight excluding hydrogens is 339 g/mol. The molecule has 0 spiro atoms. The molecule has 4 nitrogen and oxygen atoms in total. The number of morpholine rings is 1. The van der Waals surface area contributed by atoms with Crippen LogP contribution in [0.15, 0.2) is 53.4 Å². The van der Waals surface area contributed by atoms with E-state index in [1.165, 1.54) is 12.1 Å². The van der Waals surface area contributed by atoms with Gasteiger partial charge in [-0.05, 0) is 36.4 Å². The van der Waals surface area contributed by atoms with Gasteiger partial charge in [-0.25, -0.2) is 4.39 Å². The molecule has 25 heavy (non-hydrogen) atoms. The van der Waals surface area contributed by atoms with Gasteiger partial charge in [0.2, 0.25) is 5.91 Å². The molecule has 6 heteroatoms. The molecule has 3 rings (SSSR count). The van der Waals surface area contributed by atoms with Crippen LogP contribution in [0.5, 0.6) is 0 Å². The van der Waals surface area contributed by atoms with Crippen molar-refractivity contribution in [2.24, 2.45) is 0 Å². The highest BCUT2D eigenvalue weighted by Crippen LogP contribution is 2.27. The van der Waals surface area contributed by atoms with Gasteiger partial charge in [0.05, 0.1) is 24.6 Å². The number of carbonyl (C=O) groups excluding carboxylic acids is 1. The summed E-state index contributed by atoms with van der Waals surface area (Å²) < 4.78 is 18.3. The zero-order chi connectivity index (χ0) is 17.5. The lowest BCUT2D eigenvalue weighted by atomic mass is 10.2. The summed E-state index contributed by atoms with van der Waals surface area (Å²) in [5, 5.41) is 3.01. The molecule has 0 saturated carbocycles. The molecule has 0 unspecified atom stereocenters. The van der Waals surface area contributed by atoms with Crippen molar-refractivity contribution in [1.82, 2.24) is 0 Å². The monoisotopic (exact) mass is 360 g/mol. The van der Waals surface area contributed by atoms with E-state index >= 15 is 0 Å². The third kappa shape index (κ3) is 5.21. The van der Waals surface area contributed by atoms with Gasteiger partial charge in [-0.1, -0.05) is 12.1 Å². The predicted molar refractivity (Wildman–Crippen MR) is 99.8 cm³/mol. The smallest absolute Gasteiger partial charge is 0.225 e. The lowest BCUT2D eigenvalue weighted by Gasteiger charge is -2.30. The minimum atomic E-state index is -0.248. The summed E-state index contributed by atoms with van der Waals surface area (Å²) in [7, 11) is 0. The number of hydrogen-bond acceptors (Lipinski definition) is 4. The van der Waals surface area contributed by atoms with Crippen LogP contribution in [0.1, 0.15) is 6.42 Å². The van der Waals surface area contributed by atoms with Crippen molar-refractivity contribution < 1.29 is 13.9 Å². The molecule has 1 heterocycles. The van der Waals surface area contributed by atoms with E-state index in [9.17, 15) is 9.18 Å². The maximum Gasteiger partial charge on any atom is 0.225 e. The Morgan fingerprint density at radius 2 is 1.84 bits per heavy atom. The number of nitrogens with one attached hydrogen (secondary N) is 1. The van der Waals surface area contributed by atoms with Crippen molar-refractivity contribution in [3.63, 3.8) is 0 Å². The van der Waals surface area contributed by atoms with Crippen molar-refractivity contribution in [1.29, 1.82) is 0 Å². The summed E-state index contributed by atoms with van der Waals surface area (Å²) in [6, 6.07) is 14.2. The molecule has 132 valence electrons. The SMILES string of the molecule is O=C(CCSc1ccc(F)cc1)Nc1ccccc1N1CCOCC1. The number of amides is 1. The first kappa shape index (κ1) is 17.8. The van der Waals surface area contributed by atoms with Crippen LogP contribution in [0.2, 0.25) is 0 Å². The molecule has 1 fully saturated rings. The molecule has 1 amide bonds. The van der Waals surface area contributed by atoms with E-state index in [0.29, 0.717) is 25.4 Å². The number of carbonyl (C=O) groups is 1. The molecule has 1 aliphatic heterocycles. The van der Waals surface area contributed by atoms with Gasteiger partial charge in [-0.2, -0.15) is 0 Å². The van der Waals surface area contributed by atoms with Gasteiger partial charge < -0.3 is 15.0 Å². The molecule has 1 aliphatic rings. The van der Waals surface area contributed by atoms with Crippen LogP contribution < -0.4 is 10.2 Å². The Kier molecular flexibility index (Phi) is 6.30. The molecule has 2 aromatic rings. The number of thioether (sulfide) groups is 1. The molecule has 0 radical (unpaired) electrons. The number of nitrogens with zero attached hydrogens (tertiary/aromatic N) is 1. The first-order chi connectivity index (χ1) is 12.2. The second-order valence-corrected chi connectivity index (χ2v) is 6.89. The summed E-state index contributed by atoms with van der Waals surface area (Å²) in [6.45, 7) is 3.06. The van der Waals surface area contributed by atoms with Crippen LogP contribution in [0.25, 0.3) is 0 Å². The summed E-state index contributed by atoms with van der Waals surface area (Å²) in [6.07, 6.45) is 0.402. The number of para-hydroxylation sites is 2. The van der Waals surface area contributed by atoms with E-state index in [4.69, 9.17) is 4.74 Å². The third-order valence-corrected chi connectivity index (χ3v) is 4.96. The molecule has 0 bridgehead atoms. The number of halogens is 1. The van der Waals surface area contributed by atoms with Crippen LogP contribution in [-0.2, 0) is 9.53 Å². The van der Waals surface area contributed by atoms with E-state index in [-0.39, 0.29) is 11.7 Å². The highest BCUT2D eigenvalue weighted by molar-refractivity contribution is 7.99. The quantitative estimate of drug-likeness (QED) is 0.796. The molecule has 1 saturated heterocycles. The Balaban J connectivity index is 1.53. The van der Waals surface area contributed by atoms with E-state index < -0.39 is 0 Å². The Labute approximate surface area is 151 Å². The fourth-order valence-corrected chi connectivity index (χ4v) is 3.52. The minimum absolute atomic E-state index is 0.0182. The molecule has 2 aromatic carbocycles. The van der Waals surface area contributed by atoms with Gasteiger partial charge in [0.15, 0.2) is 0 Å². The normalized spacial score (nSPS) is 14.4. The lowest BCUT2D eigenvalue weighted by Crippen LogP contribution is -2.36. The number of hydrogen-bond donors (Lipinski definition) is 1. The average molecular weight is 360 g/mol. The third-order valence-electron chi connectivity index (χ3n) is 3.94. The summed E-state index contributed by atoms with van der Waals surface area (Å²) in [5.41, 5.74) is 1.87. The van der Waals surface area contributed by atoms with E-state index in [2.05, 4.69) is 10.2 Å². The highest BCUT2D eigenvalue weighted by atomic mass is 32.2.